The first-order chi connectivity index (χ1) is 8.37. The van der Waals surface area contributed by atoms with E-state index in [2.05, 4.69) is 9.82 Å². The number of nitrogens with one attached hydrogen (secondary N) is 1. The lowest BCUT2D eigenvalue weighted by Gasteiger charge is -2.06. The second kappa shape index (κ2) is 4.30. The Morgan fingerprint density at radius 3 is 2.67 bits per heavy atom. The highest BCUT2D eigenvalue weighted by atomic mass is 32.2. The Labute approximate surface area is 103 Å². The molecule has 3 N–H and O–H groups in total. The van der Waals surface area contributed by atoms with Crippen LogP contribution in [0.25, 0.3) is 0 Å². The van der Waals surface area contributed by atoms with E-state index in [0.29, 0.717) is 5.69 Å². The lowest BCUT2D eigenvalue weighted by molar-refractivity contribution is 0.595. The Morgan fingerprint density at radius 2 is 2.11 bits per heavy atom. The smallest absolute Gasteiger partial charge is 0.262 e. The van der Waals surface area contributed by atoms with Crippen LogP contribution in [0.5, 0.6) is 0 Å². The molecule has 0 fully saturated rings. The quantitative estimate of drug-likeness (QED) is 0.812. The zero-order valence-corrected chi connectivity index (χ0v) is 10.3. The maximum Gasteiger partial charge on any atom is 0.262 e. The van der Waals surface area contributed by atoms with Crippen LogP contribution in [-0.4, -0.2) is 18.2 Å². The maximum absolute atomic E-state index is 13.1. The Bertz CT molecular complexity index is 661. The lowest BCUT2D eigenvalue weighted by atomic mass is 10.3. The maximum atomic E-state index is 13.1. The van der Waals surface area contributed by atoms with Gasteiger partial charge in [0.05, 0.1) is 16.8 Å². The summed E-state index contributed by atoms with van der Waals surface area (Å²) in [6.45, 7) is 0. The van der Waals surface area contributed by atoms with E-state index < -0.39 is 15.8 Å². The van der Waals surface area contributed by atoms with Gasteiger partial charge >= 0.3 is 0 Å². The van der Waals surface area contributed by atoms with Crippen molar-refractivity contribution >= 4 is 21.4 Å². The van der Waals surface area contributed by atoms with Crippen molar-refractivity contribution < 1.29 is 12.8 Å². The van der Waals surface area contributed by atoms with Crippen molar-refractivity contribution in [1.29, 1.82) is 0 Å². The molecule has 0 spiro atoms. The van der Waals surface area contributed by atoms with Gasteiger partial charge in [-0.25, -0.2) is 12.8 Å². The number of nitrogens with two attached hydrogens (primary N) is 1. The number of hydrogen-bond acceptors (Lipinski definition) is 4. The van der Waals surface area contributed by atoms with Crippen LogP contribution >= 0.6 is 0 Å². The second-order valence-corrected chi connectivity index (χ2v) is 5.41. The fourth-order valence-corrected chi connectivity index (χ4v) is 2.52. The molecule has 6 nitrogen and oxygen atoms in total. The number of anilines is 2. The molecule has 1 aromatic heterocycles. The first-order valence-corrected chi connectivity index (χ1v) is 6.43. The van der Waals surface area contributed by atoms with Gasteiger partial charge in [-0.15, -0.1) is 0 Å². The van der Waals surface area contributed by atoms with Gasteiger partial charge in [0.25, 0.3) is 10.0 Å². The van der Waals surface area contributed by atoms with Crippen molar-refractivity contribution in [1.82, 2.24) is 9.78 Å². The summed E-state index contributed by atoms with van der Waals surface area (Å²) in [6, 6.07) is 3.12. The first kappa shape index (κ1) is 12.4. The highest BCUT2D eigenvalue weighted by Gasteiger charge is 2.16. The SMILES string of the molecule is Cn1cc(NS(=O)(=O)c2cc(N)cc(F)c2)cn1. The summed E-state index contributed by atoms with van der Waals surface area (Å²) in [4.78, 5) is -0.233. The van der Waals surface area contributed by atoms with Crippen LogP contribution in [0.4, 0.5) is 15.8 Å². The molecule has 0 aliphatic heterocycles. The average Bonchev–Trinajstić information content (AvgIpc) is 2.61. The normalized spacial score (nSPS) is 11.4. The number of hydrogen-bond donors (Lipinski definition) is 2. The number of aryl methyl sites for hydroxylation is 1. The highest BCUT2D eigenvalue weighted by molar-refractivity contribution is 7.92. The van der Waals surface area contributed by atoms with Crippen LogP contribution in [0.3, 0.4) is 0 Å². The van der Waals surface area contributed by atoms with Gasteiger partial charge in [-0.1, -0.05) is 0 Å². The zero-order valence-electron chi connectivity index (χ0n) is 9.46. The van der Waals surface area contributed by atoms with Crippen molar-refractivity contribution in [2.45, 2.75) is 4.90 Å². The van der Waals surface area contributed by atoms with Crippen molar-refractivity contribution in [3.05, 3.63) is 36.4 Å². The summed E-state index contributed by atoms with van der Waals surface area (Å²) < 4.78 is 40.7. The molecule has 96 valence electrons. The van der Waals surface area contributed by atoms with Crippen molar-refractivity contribution in [2.75, 3.05) is 10.5 Å². The monoisotopic (exact) mass is 270 g/mol. The summed E-state index contributed by atoms with van der Waals surface area (Å²) >= 11 is 0. The van der Waals surface area contributed by atoms with E-state index in [4.69, 9.17) is 5.73 Å². The molecule has 0 atom stereocenters. The fourth-order valence-electron chi connectivity index (χ4n) is 1.43. The molecule has 2 rings (SSSR count). The van der Waals surface area contributed by atoms with Crippen molar-refractivity contribution in [3.63, 3.8) is 0 Å². The van der Waals surface area contributed by atoms with Gasteiger partial charge < -0.3 is 5.73 Å². The minimum atomic E-state index is -3.87. The molecule has 1 heterocycles. The Kier molecular flexibility index (Phi) is 2.95. The molecule has 8 heteroatoms. The lowest BCUT2D eigenvalue weighted by Crippen LogP contribution is -2.13. The predicted octanol–water partition coefficient (Wildman–Crippen LogP) is 0.942. The van der Waals surface area contributed by atoms with Gasteiger partial charge in [0.15, 0.2) is 0 Å². The van der Waals surface area contributed by atoms with E-state index in [1.807, 2.05) is 0 Å². The van der Waals surface area contributed by atoms with Gasteiger partial charge in [-0.3, -0.25) is 9.40 Å². The van der Waals surface area contributed by atoms with E-state index in [9.17, 15) is 12.8 Å². The summed E-state index contributed by atoms with van der Waals surface area (Å²) in [7, 11) is -2.22. The van der Waals surface area contributed by atoms with Crippen molar-refractivity contribution in [3.8, 4) is 0 Å². The second-order valence-electron chi connectivity index (χ2n) is 3.73. The van der Waals surface area contributed by atoms with E-state index in [0.717, 1.165) is 12.1 Å². The van der Waals surface area contributed by atoms with Crippen molar-refractivity contribution in [2.24, 2.45) is 7.05 Å². The van der Waals surface area contributed by atoms with Gasteiger partial charge in [0.2, 0.25) is 0 Å². The standard InChI is InChI=1S/C10H11FN4O2S/c1-15-6-9(5-13-15)14-18(16,17)10-3-7(11)2-8(12)4-10/h2-6,14H,12H2,1H3. The van der Waals surface area contributed by atoms with Gasteiger partial charge in [-0.2, -0.15) is 5.10 Å². The predicted molar refractivity (Wildman–Crippen MR) is 64.8 cm³/mol. The third kappa shape index (κ3) is 2.59. The highest BCUT2D eigenvalue weighted by Crippen LogP contribution is 2.19. The number of benzene rings is 1. The molecule has 0 saturated carbocycles. The molecule has 0 unspecified atom stereocenters. The number of sulfonamides is 1. The zero-order chi connectivity index (χ0) is 13.3. The van der Waals surface area contributed by atoms with Crippen LogP contribution in [0, 0.1) is 5.82 Å². The van der Waals surface area contributed by atoms with E-state index in [1.54, 1.807) is 7.05 Å². The summed E-state index contributed by atoms with van der Waals surface area (Å²) in [5.74, 6) is -0.707. The molecule has 18 heavy (non-hydrogen) atoms. The largest absolute Gasteiger partial charge is 0.399 e. The molecule has 2 aromatic rings. The molecule has 0 radical (unpaired) electrons. The molecule has 0 bridgehead atoms. The van der Waals surface area contributed by atoms with Crippen LogP contribution in [0.15, 0.2) is 35.5 Å². The van der Waals surface area contributed by atoms with E-state index in [-0.39, 0.29) is 10.6 Å². The number of nitrogens with zero attached hydrogens (tertiary/aromatic N) is 2. The minimum absolute atomic E-state index is 0.0431. The van der Waals surface area contributed by atoms with Gasteiger partial charge in [0.1, 0.15) is 5.82 Å². The molecule has 0 aliphatic rings. The molecule has 1 aromatic carbocycles. The minimum Gasteiger partial charge on any atom is -0.399 e. The van der Waals surface area contributed by atoms with Crippen LogP contribution in [0.1, 0.15) is 0 Å². The molecular weight excluding hydrogens is 259 g/mol. The Hall–Kier alpha value is -2.09. The number of nitrogen functional groups attached to an aromatic ring is 1. The average molecular weight is 270 g/mol. The first-order valence-electron chi connectivity index (χ1n) is 4.94. The molecule has 0 saturated heterocycles. The molecular formula is C10H11FN4O2S. The number of halogens is 1. The van der Waals surface area contributed by atoms with Crippen LogP contribution < -0.4 is 10.5 Å². The third-order valence-electron chi connectivity index (χ3n) is 2.16. The van der Waals surface area contributed by atoms with Gasteiger partial charge in [0, 0.05) is 18.9 Å². The summed E-state index contributed by atoms with van der Waals surface area (Å²) in [5, 5.41) is 3.82. The Balaban J connectivity index is 2.36. The van der Waals surface area contributed by atoms with E-state index >= 15 is 0 Å². The topological polar surface area (TPSA) is 90.0 Å². The number of rotatable bonds is 3. The van der Waals surface area contributed by atoms with Crippen LogP contribution in [0.2, 0.25) is 0 Å². The summed E-state index contributed by atoms with van der Waals surface area (Å²) in [5.41, 5.74) is 5.74. The number of aromatic nitrogens is 2. The fraction of sp³-hybridized carbons (Fsp3) is 0.100. The van der Waals surface area contributed by atoms with Gasteiger partial charge in [-0.05, 0) is 18.2 Å². The van der Waals surface area contributed by atoms with E-state index in [1.165, 1.54) is 23.1 Å². The van der Waals surface area contributed by atoms with Crippen LogP contribution in [-0.2, 0) is 17.1 Å². The Morgan fingerprint density at radius 1 is 1.39 bits per heavy atom. The third-order valence-corrected chi connectivity index (χ3v) is 3.52. The molecule has 0 amide bonds. The molecule has 0 aliphatic carbocycles. The summed E-state index contributed by atoms with van der Waals surface area (Å²) in [6.07, 6.45) is 2.83.